The highest BCUT2D eigenvalue weighted by molar-refractivity contribution is 9.10. The van der Waals surface area contributed by atoms with Crippen LogP contribution < -0.4 is 16.7 Å². The van der Waals surface area contributed by atoms with E-state index in [9.17, 15) is 14.4 Å². The number of nitrogens with zero attached hydrogens (tertiary/aromatic N) is 1. The number of aromatic amines is 1. The first-order valence-electron chi connectivity index (χ1n) is 9.53. The van der Waals surface area contributed by atoms with E-state index in [-0.39, 0.29) is 23.6 Å². The van der Waals surface area contributed by atoms with Gasteiger partial charge in [-0.3, -0.25) is 14.2 Å². The van der Waals surface area contributed by atoms with Gasteiger partial charge in [-0.25, -0.2) is 4.79 Å². The lowest BCUT2D eigenvalue weighted by molar-refractivity contribution is -0.121. The summed E-state index contributed by atoms with van der Waals surface area (Å²) >= 11 is 3.48. The molecule has 150 valence electrons. The van der Waals surface area contributed by atoms with Crippen molar-refractivity contribution in [1.29, 1.82) is 0 Å². The van der Waals surface area contributed by atoms with Crippen molar-refractivity contribution < 1.29 is 9.59 Å². The molecule has 4 N–H and O–H groups in total. The van der Waals surface area contributed by atoms with Gasteiger partial charge in [-0.2, -0.15) is 0 Å². The monoisotopic (exact) mass is 456 g/mol. The molecule has 1 aromatic heterocycles. The van der Waals surface area contributed by atoms with Crippen LogP contribution in [-0.2, 0) is 4.79 Å². The number of hydrogen-bond acceptors (Lipinski definition) is 3. The Morgan fingerprint density at radius 2 is 1.76 bits per heavy atom. The number of H-pyrrole nitrogens is 1. The van der Waals surface area contributed by atoms with Crippen molar-refractivity contribution in [3.8, 4) is 0 Å². The Bertz CT molecular complexity index is 1130. The van der Waals surface area contributed by atoms with E-state index >= 15 is 0 Å². The first kappa shape index (κ1) is 19.4. The zero-order valence-corrected chi connectivity index (χ0v) is 17.2. The maximum atomic E-state index is 12.6. The molecular formula is C21H21BrN4O3. The summed E-state index contributed by atoms with van der Waals surface area (Å²) in [6.45, 7) is 0. The number of nitrogens with two attached hydrogens (primary N) is 1. The molecule has 0 aliphatic heterocycles. The molecule has 2 amide bonds. The van der Waals surface area contributed by atoms with Crippen molar-refractivity contribution >= 4 is 44.5 Å². The van der Waals surface area contributed by atoms with E-state index < -0.39 is 5.91 Å². The largest absolute Gasteiger partial charge is 0.366 e. The van der Waals surface area contributed by atoms with Gasteiger partial charge < -0.3 is 16.0 Å². The number of anilines is 1. The SMILES string of the molecule is NC(=O)c1ccc(NC(=O)C2CCC(n3c(=O)[nH]c4c(Br)cccc43)CC2)cc1. The summed E-state index contributed by atoms with van der Waals surface area (Å²) in [7, 11) is 0. The topological polar surface area (TPSA) is 110 Å². The van der Waals surface area contributed by atoms with E-state index in [0.29, 0.717) is 24.1 Å². The van der Waals surface area contributed by atoms with Crippen molar-refractivity contribution in [2.75, 3.05) is 5.32 Å². The number of carbonyl (C=O) groups excluding carboxylic acids is 2. The minimum atomic E-state index is -0.499. The number of imidazole rings is 1. The van der Waals surface area contributed by atoms with Crippen LogP contribution in [0, 0.1) is 5.92 Å². The standard InChI is InChI=1S/C21H21BrN4O3/c22-16-2-1-3-17-18(16)25-21(29)26(17)15-10-6-13(7-11-15)20(28)24-14-8-4-12(5-9-14)19(23)27/h1-5,8-9,13,15H,6-7,10-11H2,(H2,23,27)(H,24,28)(H,25,29). The third kappa shape index (κ3) is 3.85. The van der Waals surface area contributed by atoms with E-state index in [1.54, 1.807) is 24.3 Å². The number of aromatic nitrogens is 2. The average Bonchev–Trinajstić information content (AvgIpc) is 3.06. The molecule has 0 saturated heterocycles. The van der Waals surface area contributed by atoms with Crippen LogP contribution in [0.15, 0.2) is 51.7 Å². The van der Waals surface area contributed by atoms with Gasteiger partial charge in [0.2, 0.25) is 11.8 Å². The molecule has 0 unspecified atom stereocenters. The molecule has 3 aromatic rings. The number of nitrogens with one attached hydrogen (secondary N) is 2. The highest BCUT2D eigenvalue weighted by atomic mass is 79.9. The molecule has 0 spiro atoms. The minimum absolute atomic E-state index is 0.0377. The molecule has 0 radical (unpaired) electrons. The molecule has 29 heavy (non-hydrogen) atoms. The summed E-state index contributed by atoms with van der Waals surface area (Å²) in [5.74, 6) is -0.639. The lowest BCUT2D eigenvalue weighted by atomic mass is 9.85. The third-order valence-corrected chi connectivity index (χ3v) is 6.23. The van der Waals surface area contributed by atoms with Crippen LogP contribution in [0.3, 0.4) is 0 Å². The third-order valence-electron chi connectivity index (χ3n) is 5.57. The molecule has 1 saturated carbocycles. The van der Waals surface area contributed by atoms with Crippen LogP contribution in [0.5, 0.6) is 0 Å². The van der Waals surface area contributed by atoms with Gasteiger partial charge in [-0.1, -0.05) is 6.07 Å². The van der Waals surface area contributed by atoms with Crippen molar-refractivity contribution in [1.82, 2.24) is 9.55 Å². The molecule has 1 fully saturated rings. The number of rotatable bonds is 4. The Morgan fingerprint density at radius 1 is 1.07 bits per heavy atom. The Morgan fingerprint density at radius 3 is 2.41 bits per heavy atom. The molecule has 0 bridgehead atoms. The fraction of sp³-hybridized carbons (Fsp3) is 0.286. The zero-order chi connectivity index (χ0) is 20.5. The summed E-state index contributed by atoms with van der Waals surface area (Å²) < 4.78 is 2.68. The van der Waals surface area contributed by atoms with Crippen LogP contribution in [-0.4, -0.2) is 21.4 Å². The first-order chi connectivity index (χ1) is 13.9. The number of para-hydroxylation sites is 1. The maximum Gasteiger partial charge on any atom is 0.326 e. The summed E-state index contributed by atoms with van der Waals surface area (Å²) in [5.41, 5.74) is 7.84. The summed E-state index contributed by atoms with van der Waals surface area (Å²) in [6.07, 6.45) is 2.95. The minimum Gasteiger partial charge on any atom is -0.366 e. The Hall–Kier alpha value is -2.87. The summed E-state index contributed by atoms with van der Waals surface area (Å²) in [6, 6.07) is 12.4. The van der Waals surface area contributed by atoms with E-state index in [1.807, 2.05) is 22.8 Å². The predicted molar refractivity (Wildman–Crippen MR) is 115 cm³/mol. The normalized spacial score (nSPS) is 19.2. The molecule has 1 aliphatic carbocycles. The number of fused-ring (bicyclic) bond motifs is 1. The first-order valence-corrected chi connectivity index (χ1v) is 10.3. The zero-order valence-electron chi connectivity index (χ0n) is 15.7. The molecule has 1 aliphatic rings. The van der Waals surface area contributed by atoms with Crippen molar-refractivity contribution in [2.24, 2.45) is 11.7 Å². The lowest BCUT2D eigenvalue weighted by Crippen LogP contribution is -2.31. The van der Waals surface area contributed by atoms with E-state index in [1.165, 1.54) is 0 Å². The fourth-order valence-electron chi connectivity index (χ4n) is 4.03. The second kappa shape index (κ2) is 7.87. The molecule has 0 atom stereocenters. The molecule has 8 heteroatoms. The second-order valence-corrected chi connectivity index (χ2v) is 8.22. The Labute approximate surface area is 175 Å². The summed E-state index contributed by atoms with van der Waals surface area (Å²) in [4.78, 5) is 39.2. The van der Waals surface area contributed by atoms with Crippen LogP contribution in [0.4, 0.5) is 5.69 Å². The van der Waals surface area contributed by atoms with Crippen LogP contribution in [0.2, 0.25) is 0 Å². The van der Waals surface area contributed by atoms with E-state index in [4.69, 9.17) is 5.73 Å². The molecule has 2 aromatic carbocycles. The van der Waals surface area contributed by atoms with Crippen molar-refractivity contribution in [3.63, 3.8) is 0 Å². The van der Waals surface area contributed by atoms with Gasteiger partial charge in [0, 0.05) is 27.7 Å². The van der Waals surface area contributed by atoms with Gasteiger partial charge in [-0.15, -0.1) is 0 Å². The number of hydrogen-bond donors (Lipinski definition) is 3. The fourth-order valence-corrected chi connectivity index (χ4v) is 4.49. The number of benzene rings is 2. The van der Waals surface area contributed by atoms with E-state index in [2.05, 4.69) is 26.2 Å². The van der Waals surface area contributed by atoms with Gasteiger partial charge in [0.1, 0.15) is 0 Å². The Kier molecular flexibility index (Phi) is 5.27. The van der Waals surface area contributed by atoms with Crippen LogP contribution in [0.25, 0.3) is 11.0 Å². The lowest BCUT2D eigenvalue weighted by Gasteiger charge is -2.28. The molecule has 4 rings (SSSR count). The second-order valence-electron chi connectivity index (χ2n) is 7.37. The quantitative estimate of drug-likeness (QED) is 0.557. The van der Waals surface area contributed by atoms with Gasteiger partial charge in [0.25, 0.3) is 0 Å². The Balaban J connectivity index is 1.42. The van der Waals surface area contributed by atoms with E-state index in [0.717, 1.165) is 28.3 Å². The predicted octanol–water partition coefficient (Wildman–Crippen LogP) is 3.56. The van der Waals surface area contributed by atoms with Gasteiger partial charge in [0.15, 0.2) is 0 Å². The van der Waals surface area contributed by atoms with Crippen LogP contribution >= 0.6 is 15.9 Å². The van der Waals surface area contributed by atoms with Gasteiger partial charge >= 0.3 is 5.69 Å². The molecule has 1 heterocycles. The number of halogens is 1. The smallest absolute Gasteiger partial charge is 0.326 e. The van der Waals surface area contributed by atoms with Gasteiger partial charge in [-0.05, 0) is 78.0 Å². The van der Waals surface area contributed by atoms with Gasteiger partial charge in [0.05, 0.1) is 11.0 Å². The van der Waals surface area contributed by atoms with Crippen LogP contribution in [0.1, 0.15) is 42.1 Å². The summed E-state index contributed by atoms with van der Waals surface area (Å²) in [5, 5.41) is 2.90. The van der Waals surface area contributed by atoms with Crippen molar-refractivity contribution in [3.05, 3.63) is 63.0 Å². The number of carbonyl (C=O) groups is 2. The maximum absolute atomic E-state index is 12.6. The number of primary amides is 1. The molecule has 7 nitrogen and oxygen atoms in total. The number of amides is 2. The molecular weight excluding hydrogens is 436 g/mol. The highest BCUT2D eigenvalue weighted by Gasteiger charge is 2.29. The van der Waals surface area contributed by atoms with Crippen molar-refractivity contribution in [2.45, 2.75) is 31.7 Å². The highest BCUT2D eigenvalue weighted by Crippen LogP contribution is 2.34. The average molecular weight is 457 g/mol.